The lowest BCUT2D eigenvalue weighted by atomic mass is 10.2. The SMILES string of the molecule is COCCOC(=O)c1n[nH]c2ccc(N)cc12. The minimum atomic E-state index is -0.487. The van der Waals surface area contributed by atoms with Crippen LogP contribution in [-0.4, -0.2) is 36.5 Å². The van der Waals surface area contributed by atoms with E-state index in [1.54, 1.807) is 25.3 Å². The molecule has 0 aliphatic heterocycles. The number of ether oxygens (including phenoxy) is 2. The van der Waals surface area contributed by atoms with Gasteiger partial charge in [0.2, 0.25) is 0 Å². The van der Waals surface area contributed by atoms with Crippen LogP contribution in [0, 0.1) is 0 Å². The van der Waals surface area contributed by atoms with E-state index in [2.05, 4.69) is 10.2 Å². The van der Waals surface area contributed by atoms with E-state index in [1.165, 1.54) is 0 Å². The maximum atomic E-state index is 11.7. The minimum absolute atomic E-state index is 0.200. The number of carbonyl (C=O) groups is 1. The fourth-order valence-corrected chi connectivity index (χ4v) is 1.47. The van der Waals surface area contributed by atoms with E-state index in [9.17, 15) is 4.79 Å². The zero-order valence-electron chi connectivity index (χ0n) is 9.40. The Morgan fingerprint density at radius 2 is 2.29 bits per heavy atom. The van der Waals surface area contributed by atoms with Crippen LogP contribution in [0.25, 0.3) is 10.9 Å². The van der Waals surface area contributed by atoms with Gasteiger partial charge in [0.1, 0.15) is 6.61 Å². The van der Waals surface area contributed by atoms with Gasteiger partial charge in [-0.1, -0.05) is 0 Å². The maximum absolute atomic E-state index is 11.7. The predicted molar refractivity (Wildman–Crippen MR) is 62.7 cm³/mol. The highest BCUT2D eigenvalue weighted by Crippen LogP contribution is 2.19. The summed E-state index contributed by atoms with van der Waals surface area (Å²) in [5.41, 5.74) is 7.22. The monoisotopic (exact) mass is 235 g/mol. The molecule has 0 aliphatic carbocycles. The molecule has 1 aromatic carbocycles. The van der Waals surface area contributed by atoms with Gasteiger partial charge in [-0.3, -0.25) is 5.10 Å². The van der Waals surface area contributed by atoms with Crippen LogP contribution in [0.5, 0.6) is 0 Å². The number of fused-ring (bicyclic) bond motifs is 1. The summed E-state index contributed by atoms with van der Waals surface area (Å²) >= 11 is 0. The standard InChI is InChI=1S/C11H13N3O3/c1-16-4-5-17-11(15)10-8-6-7(12)2-3-9(8)13-14-10/h2-3,6H,4-5,12H2,1H3,(H,13,14). The van der Waals surface area contributed by atoms with E-state index in [4.69, 9.17) is 15.2 Å². The van der Waals surface area contributed by atoms with Crippen LogP contribution in [0.2, 0.25) is 0 Å². The molecule has 0 saturated carbocycles. The van der Waals surface area contributed by atoms with E-state index in [0.29, 0.717) is 17.7 Å². The number of carbonyl (C=O) groups excluding carboxylic acids is 1. The van der Waals surface area contributed by atoms with Crippen molar-refractivity contribution in [2.75, 3.05) is 26.1 Å². The van der Waals surface area contributed by atoms with E-state index < -0.39 is 5.97 Å². The zero-order chi connectivity index (χ0) is 12.3. The molecule has 0 spiro atoms. The molecule has 2 aromatic rings. The first kappa shape index (κ1) is 11.4. The van der Waals surface area contributed by atoms with E-state index in [-0.39, 0.29) is 12.3 Å². The highest BCUT2D eigenvalue weighted by Gasteiger charge is 2.15. The van der Waals surface area contributed by atoms with Gasteiger partial charge < -0.3 is 15.2 Å². The van der Waals surface area contributed by atoms with Gasteiger partial charge in [0.25, 0.3) is 0 Å². The number of esters is 1. The molecule has 17 heavy (non-hydrogen) atoms. The Hall–Kier alpha value is -2.08. The summed E-state index contributed by atoms with van der Waals surface area (Å²) < 4.78 is 9.78. The van der Waals surface area contributed by atoms with Gasteiger partial charge in [-0.25, -0.2) is 4.79 Å². The summed E-state index contributed by atoms with van der Waals surface area (Å²) in [6.07, 6.45) is 0. The van der Waals surface area contributed by atoms with Crippen LogP contribution in [-0.2, 0) is 9.47 Å². The van der Waals surface area contributed by atoms with Crippen LogP contribution < -0.4 is 5.73 Å². The van der Waals surface area contributed by atoms with Crippen LogP contribution in [0.15, 0.2) is 18.2 Å². The molecule has 0 amide bonds. The van der Waals surface area contributed by atoms with Gasteiger partial charge in [-0.05, 0) is 18.2 Å². The zero-order valence-corrected chi connectivity index (χ0v) is 9.40. The van der Waals surface area contributed by atoms with Crippen LogP contribution in [0.3, 0.4) is 0 Å². The third-order valence-electron chi connectivity index (χ3n) is 2.30. The lowest BCUT2D eigenvalue weighted by Crippen LogP contribution is -2.10. The number of nitrogens with two attached hydrogens (primary N) is 1. The van der Waals surface area contributed by atoms with Crippen LogP contribution >= 0.6 is 0 Å². The Morgan fingerprint density at radius 3 is 3.06 bits per heavy atom. The van der Waals surface area contributed by atoms with Crippen molar-refractivity contribution in [2.45, 2.75) is 0 Å². The molecule has 1 heterocycles. The number of H-pyrrole nitrogens is 1. The summed E-state index contributed by atoms with van der Waals surface area (Å²) in [5, 5.41) is 7.33. The summed E-state index contributed by atoms with van der Waals surface area (Å²) in [5.74, 6) is -0.487. The first-order valence-electron chi connectivity index (χ1n) is 5.12. The lowest BCUT2D eigenvalue weighted by molar-refractivity contribution is 0.0384. The number of anilines is 1. The summed E-state index contributed by atoms with van der Waals surface area (Å²) in [6, 6.07) is 5.19. The van der Waals surface area contributed by atoms with Gasteiger partial charge >= 0.3 is 5.97 Å². The molecule has 90 valence electrons. The number of nitrogen functional groups attached to an aromatic ring is 1. The van der Waals surface area contributed by atoms with Crippen molar-refractivity contribution in [1.29, 1.82) is 0 Å². The van der Waals surface area contributed by atoms with Gasteiger partial charge in [0.15, 0.2) is 5.69 Å². The van der Waals surface area contributed by atoms with Crippen molar-refractivity contribution in [3.05, 3.63) is 23.9 Å². The quantitative estimate of drug-likeness (QED) is 0.467. The molecule has 6 heteroatoms. The number of methoxy groups -OCH3 is 1. The largest absolute Gasteiger partial charge is 0.458 e. The number of nitrogens with zero attached hydrogens (tertiary/aromatic N) is 1. The first-order valence-corrected chi connectivity index (χ1v) is 5.12. The fraction of sp³-hybridized carbons (Fsp3) is 0.273. The Morgan fingerprint density at radius 1 is 1.47 bits per heavy atom. The molecule has 0 aliphatic rings. The lowest BCUT2D eigenvalue weighted by Gasteiger charge is -2.01. The fourth-order valence-electron chi connectivity index (χ4n) is 1.47. The second-order valence-electron chi connectivity index (χ2n) is 3.51. The summed E-state index contributed by atoms with van der Waals surface area (Å²) in [4.78, 5) is 11.7. The Labute approximate surface area is 97.7 Å². The van der Waals surface area contributed by atoms with Crippen LogP contribution in [0.4, 0.5) is 5.69 Å². The number of nitrogens with one attached hydrogen (secondary N) is 1. The van der Waals surface area contributed by atoms with Crippen molar-refractivity contribution in [3.8, 4) is 0 Å². The first-order chi connectivity index (χ1) is 8.22. The molecule has 0 unspecified atom stereocenters. The summed E-state index contributed by atoms with van der Waals surface area (Å²) in [6.45, 7) is 0.558. The van der Waals surface area contributed by atoms with Gasteiger partial charge in [-0.15, -0.1) is 0 Å². The number of aromatic amines is 1. The van der Waals surface area contributed by atoms with Crippen molar-refractivity contribution in [2.24, 2.45) is 0 Å². The topological polar surface area (TPSA) is 90.2 Å². The highest BCUT2D eigenvalue weighted by atomic mass is 16.6. The number of hydrogen-bond donors (Lipinski definition) is 2. The maximum Gasteiger partial charge on any atom is 0.359 e. The third-order valence-corrected chi connectivity index (χ3v) is 2.30. The molecular formula is C11H13N3O3. The van der Waals surface area contributed by atoms with Gasteiger partial charge in [0, 0.05) is 18.2 Å². The molecule has 1 aromatic heterocycles. The normalized spacial score (nSPS) is 10.6. The van der Waals surface area contributed by atoms with Gasteiger partial charge in [0.05, 0.1) is 12.1 Å². The second-order valence-corrected chi connectivity index (χ2v) is 3.51. The average molecular weight is 235 g/mol. The smallest absolute Gasteiger partial charge is 0.359 e. The predicted octanol–water partition coefficient (Wildman–Crippen LogP) is 0.948. The van der Waals surface area contributed by atoms with E-state index in [0.717, 1.165) is 5.52 Å². The molecule has 2 rings (SSSR count). The van der Waals surface area contributed by atoms with Crippen molar-refractivity contribution < 1.29 is 14.3 Å². The molecular weight excluding hydrogens is 222 g/mol. The average Bonchev–Trinajstić information content (AvgIpc) is 2.72. The molecule has 0 fully saturated rings. The van der Waals surface area contributed by atoms with Crippen LogP contribution in [0.1, 0.15) is 10.5 Å². The number of hydrogen-bond acceptors (Lipinski definition) is 5. The number of rotatable bonds is 4. The summed E-state index contributed by atoms with van der Waals surface area (Å²) in [7, 11) is 1.54. The molecule has 6 nitrogen and oxygen atoms in total. The van der Waals surface area contributed by atoms with Crippen molar-refractivity contribution in [3.63, 3.8) is 0 Å². The minimum Gasteiger partial charge on any atom is -0.458 e. The highest BCUT2D eigenvalue weighted by molar-refractivity contribution is 6.02. The van der Waals surface area contributed by atoms with E-state index in [1.807, 2.05) is 0 Å². The molecule has 0 saturated heterocycles. The molecule has 0 radical (unpaired) electrons. The number of aromatic nitrogens is 2. The molecule has 0 bridgehead atoms. The Kier molecular flexibility index (Phi) is 3.24. The van der Waals surface area contributed by atoms with Gasteiger partial charge in [-0.2, -0.15) is 5.10 Å². The molecule has 3 N–H and O–H groups in total. The van der Waals surface area contributed by atoms with Crippen molar-refractivity contribution in [1.82, 2.24) is 10.2 Å². The third kappa shape index (κ3) is 2.36. The Balaban J connectivity index is 2.23. The van der Waals surface area contributed by atoms with E-state index >= 15 is 0 Å². The second kappa shape index (κ2) is 4.84. The molecule has 0 atom stereocenters. The Bertz CT molecular complexity index is 536. The van der Waals surface area contributed by atoms with Crippen molar-refractivity contribution >= 4 is 22.6 Å². The number of benzene rings is 1.